The van der Waals surface area contributed by atoms with Crippen molar-refractivity contribution in [3.05, 3.63) is 94.6 Å². The van der Waals surface area contributed by atoms with Gasteiger partial charge in [-0.05, 0) is 105 Å². The largest absolute Gasteiger partial charge is 0.316 e. The van der Waals surface area contributed by atoms with Crippen LogP contribution in [-0.4, -0.2) is 64.4 Å². The summed E-state index contributed by atoms with van der Waals surface area (Å²) in [6, 6.07) is 13.8. The highest BCUT2D eigenvalue weighted by molar-refractivity contribution is 7.89. The summed E-state index contributed by atoms with van der Waals surface area (Å²) in [7, 11) is 0.498. The van der Waals surface area contributed by atoms with E-state index in [9.17, 15) is 12.8 Å². The number of fused-ring (bicyclic) bond motifs is 1. The molecule has 41 heavy (non-hydrogen) atoms. The van der Waals surface area contributed by atoms with E-state index in [1.54, 1.807) is 28.6 Å². The summed E-state index contributed by atoms with van der Waals surface area (Å²) in [6.45, 7) is 9.75. The highest BCUT2D eigenvalue weighted by atomic mass is 32.2. The fourth-order valence-corrected chi connectivity index (χ4v) is 7.17. The van der Waals surface area contributed by atoms with Crippen LogP contribution in [0.1, 0.15) is 39.2 Å². The van der Waals surface area contributed by atoms with Gasteiger partial charge in [-0.25, -0.2) is 12.8 Å². The first-order valence-corrected chi connectivity index (χ1v) is 15.8. The van der Waals surface area contributed by atoms with Crippen molar-refractivity contribution in [1.29, 1.82) is 0 Å². The van der Waals surface area contributed by atoms with E-state index in [2.05, 4.69) is 56.6 Å². The molecular weight excluding hydrogens is 537 g/mol. The van der Waals surface area contributed by atoms with Crippen molar-refractivity contribution in [3.8, 4) is 0 Å². The lowest BCUT2D eigenvalue weighted by molar-refractivity contribution is 0.386. The van der Waals surface area contributed by atoms with Gasteiger partial charge >= 0.3 is 0 Å². The first-order chi connectivity index (χ1) is 19.4. The van der Waals surface area contributed by atoms with Gasteiger partial charge in [0.05, 0.1) is 16.3 Å². The fourth-order valence-electron chi connectivity index (χ4n) is 5.75. The Morgan fingerprint density at radius 2 is 1.78 bits per heavy atom. The van der Waals surface area contributed by atoms with E-state index in [1.165, 1.54) is 17.7 Å². The number of nitrogens with one attached hydrogen (secondary N) is 2. The predicted octanol–water partition coefficient (Wildman–Crippen LogP) is 4.78. The number of nitrogens with zero attached hydrogens (tertiary/aromatic N) is 3. The third-order valence-electron chi connectivity index (χ3n) is 8.13. The van der Waals surface area contributed by atoms with Gasteiger partial charge in [0.2, 0.25) is 10.0 Å². The van der Waals surface area contributed by atoms with Crippen molar-refractivity contribution in [1.82, 2.24) is 19.9 Å². The highest BCUT2D eigenvalue weighted by Gasteiger charge is 2.39. The monoisotopic (exact) mass is 579 g/mol. The second-order valence-electron chi connectivity index (χ2n) is 12.4. The summed E-state index contributed by atoms with van der Waals surface area (Å²) in [5.74, 6) is -0.256. The molecule has 0 spiro atoms. The first-order valence-electron chi connectivity index (χ1n) is 14.4. The molecule has 0 saturated heterocycles. The maximum Gasteiger partial charge on any atom is 0.243 e. The molecule has 0 unspecified atom stereocenters. The molecule has 1 atom stereocenters. The molecule has 3 aliphatic rings. The first kappa shape index (κ1) is 29.5. The van der Waals surface area contributed by atoms with Crippen molar-refractivity contribution in [2.24, 2.45) is 5.92 Å². The molecule has 0 aromatic heterocycles. The van der Waals surface area contributed by atoms with Gasteiger partial charge in [0.15, 0.2) is 0 Å². The fraction of sp³-hybridized carbons (Fsp3) is 0.438. The number of sulfonamides is 1. The number of hydrogen-bond donors (Lipinski definition) is 2. The molecule has 1 aliphatic carbocycles. The highest BCUT2D eigenvalue weighted by Crippen LogP contribution is 2.42. The van der Waals surface area contributed by atoms with E-state index in [0.29, 0.717) is 31.0 Å². The van der Waals surface area contributed by atoms with Crippen molar-refractivity contribution in [3.63, 3.8) is 0 Å². The van der Waals surface area contributed by atoms with Crippen LogP contribution in [0.5, 0.6) is 0 Å². The lowest BCUT2D eigenvalue weighted by Gasteiger charge is -2.37. The second kappa shape index (κ2) is 11.7. The smallest absolute Gasteiger partial charge is 0.243 e. The molecule has 0 bridgehead atoms. The van der Waals surface area contributed by atoms with E-state index < -0.39 is 10.0 Å². The van der Waals surface area contributed by atoms with E-state index in [0.717, 1.165) is 47.6 Å². The molecule has 5 rings (SSSR count). The van der Waals surface area contributed by atoms with Crippen LogP contribution >= 0.6 is 0 Å². The normalized spacial score (nSPS) is 19.6. The van der Waals surface area contributed by atoms with Gasteiger partial charge < -0.3 is 15.6 Å². The molecule has 2 aromatic carbocycles. The Labute approximate surface area is 244 Å². The van der Waals surface area contributed by atoms with E-state index in [1.807, 2.05) is 23.3 Å². The lowest BCUT2D eigenvalue weighted by Crippen LogP contribution is -2.42. The summed E-state index contributed by atoms with van der Waals surface area (Å²) < 4.78 is 42.8. The molecular formula is C32H42FN5O2S. The molecule has 220 valence electrons. The Morgan fingerprint density at radius 1 is 1.07 bits per heavy atom. The predicted molar refractivity (Wildman–Crippen MR) is 163 cm³/mol. The van der Waals surface area contributed by atoms with Gasteiger partial charge in [0.25, 0.3) is 0 Å². The SMILES string of the molecule is CN(C)CCCNC[C@@H]1C2=CNN(c3ccc(F)cc3)C2=CC2=C1CN(S(=O)(=O)c1ccc(C(C)(C)C)cc1)CC2. The van der Waals surface area contributed by atoms with Gasteiger partial charge in [-0.2, -0.15) is 4.31 Å². The van der Waals surface area contributed by atoms with Crippen molar-refractivity contribution >= 4 is 15.7 Å². The Hall–Kier alpha value is -2.98. The Balaban J connectivity index is 1.42. The van der Waals surface area contributed by atoms with E-state index in [-0.39, 0.29) is 17.2 Å². The van der Waals surface area contributed by atoms with Crippen LogP contribution in [-0.2, 0) is 15.4 Å². The van der Waals surface area contributed by atoms with Crippen LogP contribution in [0.15, 0.2) is 88.1 Å². The summed E-state index contributed by atoms with van der Waals surface area (Å²) in [5, 5.41) is 5.61. The molecule has 0 saturated carbocycles. The third-order valence-corrected chi connectivity index (χ3v) is 9.99. The average molecular weight is 580 g/mol. The summed E-state index contributed by atoms with van der Waals surface area (Å²) in [5.41, 5.74) is 9.75. The van der Waals surface area contributed by atoms with Gasteiger partial charge in [-0.3, -0.25) is 5.01 Å². The van der Waals surface area contributed by atoms with Gasteiger partial charge in [-0.15, -0.1) is 0 Å². The molecule has 2 aliphatic heterocycles. The Kier molecular flexibility index (Phi) is 8.43. The van der Waals surface area contributed by atoms with Crippen molar-refractivity contribution in [2.45, 2.75) is 43.9 Å². The van der Waals surface area contributed by atoms with Gasteiger partial charge in [0, 0.05) is 37.3 Å². The molecule has 0 fully saturated rings. The number of hydrazine groups is 1. The number of anilines is 1. The standard InChI is InChI=1S/C32H42FN5O2S/c1-32(2,3)24-7-13-27(14-8-24)41(39,40)37-18-15-23-19-31-29(21-35-38(31)26-11-9-25(33)10-12-26)28(30(23)22-37)20-34-16-6-17-36(4)5/h7-14,19,21,28,34-35H,6,15-18,20,22H2,1-5H3/t28-/m1/s1. The zero-order valence-corrected chi connectivity index (χ0v) is 25.6. The Bertz CT molecular complexity index is 1450. The van der Waals surface area contributed by atoms with Crippen LogP contribution in [0.4, 0.5) is 10.1 Å². The van der Waals surface area contributed by atoms with Crippen LogP contribution in [0, 0.1) is 11.7 Å². The van der Waals surface area contributed by atoms with Gasteiger partial charge in [0.1, 0.15) is 5.82 Å². The molecule has 2 aromatic rings. The zero-order valence-electron chi connectivity index (χ0n) is 24.7. The third kappa shape index (κ3) is 6.28. The van der Waals surface area contributed by atoms with Crippen molar-refractivity contribution < 1.29 is 12.8 Å². The molecule has 7 nitrogen and oxygen atoms in total. The Morgan fingerprint density at radius 3 is 2.44 bits per heavy atom. The quantitative estimate of drug-likeness (QED) is 0.417. The molecule has 0 amide bonds. The van der Waals surface area contributed by atoms with Crippen LogP contribution in [0.25, 0.3) is 0 Å². The number of halogens is 1. The van der Waals surface area contributed by atoms with E-state index in [4.69, 9.17) is 0 Å². The zero-order chi connectivity index (χ0) is 29.4. The van der Waals surface area contributed by atoms with Crippen LogP contribution in [0.2, 0.25) is 0 Å². The minimum absolute atomic E-state index is 0.0172. The van der Waals surface area contributed by atoms with Crippen LogP contribution < -0.4 is 15.8 Å². The molecule has 9 heteroatoms. The van der Waals surface area contributed by atoms with E-state index >= 15 is 0 Å². The number of allylic oxidation sites excluding steroid dienone is 2. The van der Waals surface area contributed by atoms with Gasteiger partial charge in [-0.1, -0.05) is 32.9 Å². The van der Waals surface area contributed by atoms with Crippen molar-refractivity contribution in [2.75, 3.05) is 51.8 Å². The molecule has 2 heterocycles. The maximum absolute atomic E-state index is 13.8. The average Bonchev–Trinajstić information content (AvgIpc) is 3.35. The number of benzene rings is 2. The minimum Gasteiger partial charge on any atom is -0.316 e. The topological polar surface area (TPSA) is 67.9 Å². The summed E-state index contributed by atoms with van der Waals surface area (Å²) in [4.78, 5) is 2.51. The van der Waals surface area contributed by atoms with Crippen LogP contribution in [0.3, 0.4) is 0 Å². The number of hydrogen-bond acceptors (Lipinski definition) is 6. The second-order valence-corrected chi connectivity index (χ2v) is 14.3. The lowest BCUT2D eigenvalue weighted by atomic mass is 9.79. The number of rotatable bonds is 9. The summed E-state index contributed by atoms with van der Waals surface area (Å²) >= 11 is 0. The molecule has 0 radical (unpaired) electrons. The molecule has 2 N–H and O–H groups in total. The minimum atomic E-state index is -3.65. The summed E-state index contributed by atoms with van der Waals surface area (Å²) in [6.07, 6.45) is 5.84. The maximum atomic E-state index is 13.8.